The number of likely N-dealkylation sites (N-methyl/N-ethyl adjacent to an activating group) is 1. The predicted molar refractivity (Wildman–Crippen MR) is 97.4 cm³/mol. The van der Waals surface area contributed by atoms with Gasteiger partial charge in [0.15, 0.2) is 5.96 Å². The van der Waals surface area contributed by atoms with Crippen molar-refractivity contribution < 1.29 is 4.74 Å². The molecule has 0 saturated carbocycles. The maximum atomic E-state index is 5.95. The van der Waals surface area contributed by atoms with Crippen LogP contribution in [0.4, 0.5) is 11.4 Å². The molecule has 0 aliphatic heterocycles. The smallest absolute Gasteiger partial charge is 0.193 e. The lowest BCUT2D eigenvalue weighted by molar-refractivity contribution is 0.415. The summed E-state index contributed by atoms with van der Waals surface area (Å²) in [5, 5.41) is 3.08. The number of rotatable bonds is 6. The van der Waals surface area contributed by atoms with Crippen molar-refractivity contribution in [2.45, 2.75) is 13.0 Å². The monoisotopic (exact) mass is 312 g/mol. The Morgan fingerprint density at radius 2 is 1.83 bits per heavy atom. The maximum Gasteiger partial charge on any atom is 0.193 e. The second kappa shape index (κ2) is 8.08. The summed E-state index contributed by atoms with van der Waals surface area (Å²) in [6.07, 6.45) is 0. The molecule has 23 heavy (non-hydrogen) atoms. The van der Waals surface area contributed by atoms with Gasteiger partial charge >= 0.3 is 0 Å². The zero-order valence-corrected chi connectivity index (χ0v) is 13.9. The fraction of sp³-hybridized carbons (Fsp3) is 0.278. The molecule has 0 spiro atoms. The van der Waals surface area contributed by atoms with Gasteiger partial charge in [0.05, 0.1) is 13.7 Å². The quantitative estimate of drug-likeness (QED) is 0.636. The lowest BCUT2D eigenvalue weighted by Gasteiger charge is -2.25. The van der Waals surface area contributed by atoms with Gasteiger partial charge in [-0.25, -0.2) is 0 Å². The Balaban J connectivity index is 1.90. The molecule has 0 fully saturated rings. The SMILES string of the molecule is COc1ccc(NC(N)=NCC(C)N(C)c2ccccc2)cc1. The third-order valence-electron chi connectivity index (χ3n) is 3.71. The maximum absolute atomic E-state index is 5.95. The van der Waals surface area contributed by atoms with E-state index in [4.69, 9.17) is 10.5 Å². The minimum absolute atomic E-state index is 0.244. The molecule has 3 N–H and O–H groups in total. The van der Waals surface area contributed by atoms with Gasteiger partial charge in [-0.1, -0.05) is 18.2 Å². The number of benzene rings is 2. The summed E-state index contributed by atoms with van der Waals surface area (Å²) in [4.78, 5) is 6.60. The van der Waals surface area contributed by atoms with Crippen LogP contribution in [0.1, 0.15) is 6.92 Å². The largest absolute Gasteiger partial charge is 0.497 e. The number of hydrogen-bond donors (Lipinski definition) is 2. The van der Waals surface area contributed by atoms with E-state index in [0.29, 0.717) is 12.5 Å². The van der Waals surface area contributed by atoms with Gasteiger partial charge in [-0.15, -0.1) is 0 Å². The van der Waals surface area contributed by atoms with Crippen molar-refractivity contribution in [1.29, 1.82) is 0 Å². The average Bonchev–Trinajstić information content (AvgIpc) is 2.60. The molecule has 0 heterocycles. The van der Waals surface area contributed by atoms with Crippen molar-refractivity contribution in [1.82, 2.24) is 0 Å². The van der Waals surface area contributed by atoms with Gasteiger partial charge in [0, 0.05) is 24.5 Å². The topological polar surface area (TPSA) is 62.9 Å². The zero-order valence-electron chi connectivity index (χ0n) is 13.9. The molecule has 5 heteroatoms. The van der Waals surface area contributed by atoms with Crippen LogP contribution in [-0.4, -0.2) is 32.7 Å². The Bertz CT molecular complexity index is 625. The molecule has 2 aromatic rings. The molecule has 2 aromatic carbocycles. The number of anilines is 2. The highest BCUT2D eigenvalue weighted by Crippen LogP contribution is 2.15. The highest BCUT2D eigenvalue weighted by atomic mass is 16.5. The molecule has 1 atom stereocenters. The first-order valence-corrected chi connectivity index (χ1v) is 7.59. The summed E-state index contributed by atoms with van der Waals surface area (Å²) in [6, 6.07) is 18.0. The molecule has 0 saturated heterocycles. The van der Waals surface area contributed by atoms with E-state index < -0.39 is 0 Å². The van der Waals surface area contributed by atoms with Gasteiger partial charge in [-0.05, 0) is 43.3 Å². The van der Waals surface area contributed by atoms with Crippen LogP contribution >= 0.6 is 0 Å². The fourth-order valence-corrected chi connectivity index (χ4v) is 2.13. The number of ether oxygens (including phenoxy) is 1. The second-order valence-electron chi connectivity index (χ2n) is 5.37. The minimum Gasteiger partial charge on any atom is -0.497 e. The molecule has 5 nitrogen and oxygen atoms in total. The van der Waals surface area contributed by atoms with E-state index in [1.165, 1.54) is 0 Å². The Kier molecular flexibility index (Phi) is 5.86. The molecule has 0 aromatic heterocycles. The third-order valence-corrected chi connectivity index (χ3v) is 3.71. The van der Waals surface area contributed by atoms with Crippen molar-refractivity contribution in [3.63, 3.8) is 0 Å². The molecular weight excluding hydrogens is 288 g/mol. The summed E-state index contributed by atoms with van der Waals surface area (Å²) in [5.41, 5.74) is 8.00. The Hall–Kier alpha value is -2.69. The first kappa shape index (κ1) is 16.7. The molecule has 0 amide bonds. The molecule has 0 radical (unpaired) electrons. The molecule has 0 aliphatic carbocycles. The molecule has 1 unspecified atom stereocenters. The van der Waals surface area contributed by atoms with Crippen molar-refractivity contribution in [3.8, 4) is 5.75 Å². The van der Waals surface area contributed by atoms with E-state index in [0.717, 1.165) is 17.1 Å². The zero-order chi connectivity index (χ0) is 16.7. The normalized spacial score (nSPS) is 12.6. The van der Waals surface area contributed by atoms with E-state index in [9.17, 15) is 0 Å². The molecular formula is C18H24N4O. The fourth-order valence-electron chi connectivity index (χ4n) is 2.13. The first-order valence-electron chi connectivity index (χ1n) is 7.59. The summed E-state index contributed by atoms with van der Waals surface area (Å²) in [7, 11) is 3.70. The number of nitrogens with one attached hydrogen (secondary N) is 1. The minimum atomic E-state index is 0.244. The number of aliphatic imine (C=N–C) groups is 1. The lowest BCUT2D eigenvalue weighted by atomic mass is 10.2. The van der Waals surface area contributed by atoms with Crippen molar-refractivity contribution in [2.75, 3.05) is 30.9 Å². The van der Waals surface area contributed by atoms with Gasteiger partial charge in [0.1, 0.15) is 5.75 Å². The summed E-state index contributed by atoms with van der Waals surface area (Å²) < 4.78 is 5.13. The number of methoxy groups -OCH3 is 1. The van der Waals surface area contributed by atoms with Crippen LogP contribution in [0, 0.1) is 0 Å². The molecule has 2 rings (SSSR count). The van der Waals surface area contributed by atoms with Crippen LogP contribution in [0.2, 0.25) is 0 Å². The van der Waals surface area contributed by atoms with E-state index in [-0.39, 0.29) is 6.04 Å². The van der Waals surface area contributed by atoms with Gasteiger partial charge in [-0.2, -0.15) is 0 Å². The van der Waals surface area contributed by atoms with E-state index in [1.807, 2.05) is 42.5 Å². The first-order chi connectivity index (χ1) is 11.1. The molecule has 0 aliphatic rings. The molecule has 122 valence electrons. The number of nitrogens with zero attached hydrogens (tertiary/aromatic N) is 2. The summed E-state index contributed by atoms with van der Waals surface area (Å²) in [6.45, 7) is 2.73. The summed E-state index contributed by atoms with van der Waals surface area (Å²) in [5.74, 6) is 1.22. The third kappa shape index (κ3) is 4.92. The number of guanidine groups is 1. The Morgan fingerprint density at radius 1 is 1.17 bits per heavy atom. The van der Waals surface area contributed by atoms with Crippen LogP contribution in [0.25, 0.3) is 0 Å². The van der Waals surface area contributed by atoms with E-state index in [1.54, 1.807) is 7.11 Å². The van der Waals surface area contributed by atoms with Crippen LogP contribution in [-0.2, 0) is 0 Å². The second-order valence-corrected chi connectivity index (χ2v) is 5.37. The van der Waals surface area contributed by atoms with Crippen molar-refractivity contribution in [3.05, 3.63) is 54.6 Å². The van der Waals surface area contributed by atoms with Crippen LogP contribution in [0.3, 0.4) is 0 Å². The highest BCUT2D eigenvalue weighted by molar-refractivity contribution is 5.92. The van der Waals surface area contributed by atoms with Crippen molar-refractivity contribution >= 4 is 17.3 Å². The molecule has 0 bridgehead atoms. The standard InChI is InChI=1S/C18H24N4O/c1-14(22(2)16-7-5-4-6-8-16)13-20-18(19)21-15-9-11-17(23-3)12-10-15/h4-12,14H,13H2,1-3H3,(H3,19,20,21). The van der Waals surface area contributed by atoms with Crippen LogP contribution < -0.4 is 20.7 Å². The van der Waals surface area contributed by atoms with Gasteiger partial charge in [0.25, 0.3) is 0 Å². The van der Waals surface area contributed by atoms with Gasteiger partial charge < -0.3 is 20.7 Å². The predicted octanol–water partition coefficient (Wildman–Crippen LogP) is 2.95. The highest BCUT2D eigenvalue weighted by Gasteiger charge is 2.09. The Morgan fingerprint density at radius 3 is 2.43 bits per heavy atom. The van der Waals surface area contributed by atoms with Gasteiger partial charge in [0.2, 0.25) is 0 Å². The van der Waals surface area contributed by atoms with Crippen LogP contribution in [0.15, 0.2) is 59.6 Å². The van der Waals surface area contributed by atoms with E-state index >= 15 is 0 Å². The number of para-hydroxylation sites is 1. The Labute approximate surface area is 137 Å². The van der Waals surface area contributed by atoms with E-state index in [2.05, 4.69) is 41.3 Å². The lowest BCUT2D eigenvalue weighted by Crippen LogP contribution is -2.33. The average molecular weight is 312 g/mol. The number of nitrogens with two attached hydrogens (primary N) is 1. The van der Waals surface area contributed by atoms with Crippen LogP contribution in [0.5, 0.6) is 5.75 Å². The van der Waals surface area contributed by atoms with Gasteiger partial charge in [-0.3, -0.25) is 4.99 Å². The number of hydrogen-bond acceptors (Lipinski definition) is 3. The summed E-state index contributed by atoms with van der Waals surface area (Å²) >= 11 is 0. The van der Waals surface area contributed by atoms with Crippen molar-refractivity contribution in [2.24, 2.45) is 10.7 Å².